The molecule has 1 aromatic carbocycles. The number of methoxy groups -OCH3 is 1. The van der Waals surface area contributed by atoms with Crippen molar-refractivity contribution in [2.45, 2.75) is 19.8 Å². The Balaban J connectivity index is 2.93. The van der Waals surface area contributed by atoms with Gasteiger partial charge < -0.3 is 9.72 Å². The summed E-state index contributed by atoms with van der Waals surface area (Å²) in [6.45, 7) is 3.85. The molecule has 4 heteroatoms. The molecule has 18 heavy (non-hydrogen) atoms. The highest BCUT2D eigenvalue weighted by molar-refractivity contribution is 6.05. The highest BCUT2D eigenvalue weighted by Crippen LogP contribution is 2.23. The number of carbonyl (C=O) groups is 1. The van der Waals surface area contributed by atoms with Crippen LogP contribution in [0.4, 0.5) is 0 Å². The quantitative estimate of drug-likeness (QED) is 0.827. The maximum atomic E-state index is 12.0. The molecule has 1 N–H and O–H groups in total. The van der Waals surface area contributed by atoms with E-state index >= 15 is 0 Å². The predicted molar refractivity (Wildman–Crippen MR) is 70.0 cm³/mol. The van der Waals surface area contributed by atoms with Gasteiger partial charge in [0, 0.05) is 16.5 Å². The zero-order valence-electron chi connectivity index (χ0n) is 10.6. The van der Waals surface area contributed by atoms with E-state index in [-0.39, 0.29) is 11.5 Å². The minimum absolute atomic E-state index is 0.0383. The van der Waals surface area contributed by atoms with Gasteiger partial charge in [0.05, 0.1) is 12.7 Å². The lowest BCUT2D eigenvalue weighted by atomic mass is 9.98. The molecule has 0 bridgehead atoms. The summed E-state index contributed by atoms with van der Waals surface area (Å²) in [7, 11) is 1.34. The third-order valence-electron chi connectivity index (χ3n) is 2.93. The molecule has 0 unspecified atom stereocenters. The lowest BCUT2D eigenvalue weighted by molar-refractivity contribution is 0.0600. The van der Waals surface area contributed by atoms with Crippen molar-refractivity contribution in [2.75, 3.05) is 7.11 Å². The van der Waals surface area contributed by atoms with Gasteiger partial charge in [0.2, 0.25) is 0 Å². The second-order valence-electron chi connectivity index (χ2n) is 4.43. The number of benzene rings is 1. The first-order valence-electron chi connectivity index (χ1n) is 5.79. The first-order chi connectivity index (χ1) is 8.56. The third-order valence-corrected chi connectivity index (χ3v) is 2.93. The Bertz CT molecular complexity index is 656. The molecule has 0 aliphatic carbocycles. The number of fused-ring (bicyclic) bond motifs is 1. The van der Waals surface area contributed by atoms with Crippen LogP contribution in [0.1, 0.15) is 35.8 Å². The molecule has 0 saturated carbocycles. The number of ether oxygens (including phenoxy) is 1. The fraction of sp³-hybridized carbons (Fsp3) is 0.286. The van der Waals surface area contributed by atoms with E-state index in [2.05, 4.69) is 4.98 Å². The molecular weight excluding hydrogens is 230 g/mol. The van der Waals surface area contributed by atoms with Crippen molar-refractivity contribution >= 4 is 16.7 Å². The average Bonchev–Trinajstić information content (AvgIpc) is 2.37. The number of hydrogen-bond donors (Lipinski definition) is 1. The zero-order valence-corrected chi connectivity index (χ0v) is 10.6. The van der Waals surface area contributed by atoms with Crippen LogP contribution in [0.3, 0.4) is 0 Å². The summed E-state index contributed by atoms with van der Waals surface area (Å²) in [5, 5.41) is 1.14. The number of esters is 1. The van der Waals surface area contributed by atoms with Gasteiger partial charge in [0.15, 0.2) is 0 Å². The van der Waals surface area contributed by atoms with Gasteiger partial charge in [-0.05, 0) is 12.0 Å². The summed E-state index contributed by atoms with van der Waals surface area (Å²) >= 11 is 0. The largest absolute Gasteiger partial charge is 0.465 e. The first-order valence-corrected chi connectivity index (χ1v) is 5.79. The van der Waals surface area contributed by atoms with Crippen molar-refractivity contribution in [3.8, 4) is 0 Å². The monoisotopic (exact) mass is 245 g/mol. The van der Waals surface area contributed by atoms with Crippen molar-refractivity contribution in [1.29, 1.82) is 0 Å². The second-order valence-corrected chi connectivity index (χ2v) is 4.43. The summed E-state index contributed by atoms with van der Waals surface area (Å²) in [4.78, 5) is 26.7. The zero-order chi connectivity index (χ0) is 13.3. The van der Waals surface area contributed by atoms with Crippen LogP contribution in [-0.4, -0.2) is 18.1 Å². The van der Waals surface area contributed by atoms with E-state index in [1.165, 1.54) is 7.11 Å². The maximum Gasteiger partial charge on any atom is 0.340 e. The smallest absolute Gasteiger partial charge is 0.340 e. The van der Waals surface area contributed by atoms with Gasteiger partial charge in [-0.25, -0.2) is 4.79 Å². The van der Waals surface area contributed by atoms with Gasteiger partial charge in [0.1, 0.15) is 0 Å². The van der Waals surface area contributed by atoms with Crippen LogP contribution in [0, 0.1) is 0 Å². The molecule has 2 aromatic rings. The van der Waals surface area contributed by atoms with Gasteiger partial charge in [0.25, 0.3) is 5.56 Å². The van der Waals surface area contributed by atoms with Gasteiger partial charge in [-0.15, -0.1) is 0 Å². The number of nitrogens with one attached hydrogen (secondary N) is 1. The van der Waals surface area contributed by atoms with E-state index in [1.807, 2.05) is 13.8 Å². The molecule has 0 fully saturated rings. The average molecular weight is 245 g/mol. The Morgan fingerprint density at radius 2 is 1.83 bits per heavy atom. The second kappa shape index (κ2) is 4.64. The van der Waals surface area contributed by atoms with Crippen LogP contribution < -0.4 is 5.56 Å². The molecule has 4 nitrogen and oxygen atoms in total. The topological polar surface area (TPSA) is 59.2 Å². The number of H-pyrrole nitrogens is 1. The highest BCUT2D eigenvalue weighted by atomic mass is 16.5. The predicted octanol–water partition coefficient (Wildman–Crippen LogP) is 2.44. The third kappa shape index (κ3) is 1.90. The first kappa shape index (κ1) is 12.4. The van der Waals surface area contributed by atoms with Crippen LogP contribution in [0.5, 0.6) is 0 Å². The van der Waals surface area contributed by atoms with E-state index in [9.17, 15) is 9.59 Å². The van der Waals surface area contributed by atoms with E-state index in [0.29, 0.717) is 22.0 Å². The van der Waals surface area contributed by atoms with Crippen molar-refractivity contribution in [1.82, 2.24) is 4.98 Å². The standard InChI is InChI=1S/C14H15NO3/c1-8(2)12-11(14(17)18-3)9-6-4-5-7-10(9)13(16)15-12/h4-8H,1-3H3,(H,15,16). The summed E-state index contributed by atoms with van der Waals surface area (Å²) in [6, 6.07) is 7.04. The van der Waals surface area contributed by atoms with E-state index in [4.69, 9.17) is 4.74 Å². The lowest BCUT2D eigenvalue weighted by Gasteiger charge is -2.13. The Labute approximate surface area is 105 Å². The number of aromatic nitrogens is 1. The van der Waals surface area contributed by atoms with Crippen LogP contribution in [0.2, 0.25) is 0 Å². The van der Waals surface area contributed by atoms with E-state index in [1.54, 1.807) is 24.3 Å². The SMILES string of the molecule is COC(=O)c1c(C(C)C)[nH]c(=O)c2ccccc12. The molecule has 0 radical (unpaired) electrons. The van der Waals surface area contributed by atoms with Crippen LogP contribution in [-0.2, 0) is 4.74 Å². The van der Waals surface area contributed by atoms with E-state index in [0.717, 1.165) is 0 Å². The minimum atomic E-state index is -0.425. The fourth-order valence-corrected chi connectivity index (χ4v) is 2.05. The molecule has 0 aliphatic heterocycles. The number of carbonyl (C=O) groups excluding carboxylic acids is 1. The van der Waals surface area contributed by atoms with Gasteiger partial charge in [-0.2, -0.15) is 0 Å². The van der Waals surface area contributed by atoms with Gasteiger partial charge in [-0.1, -0.05) is 32.0 Å². The number of rotatable bonds is 2. The van der Waals surface area contributed by atoms with Crippen LogP contribution in [0.25, 0.3) is 10.8 Å². The molecule has 2 rings (SSSR count). The maximum absolute atomic E-state index is 12.0. The molecule has 0 amide bonds. The Hall–Kier alpha value is -2.10. The van der Waals surface area contributed by atoms with Crippen molar-refractivity contribution < 1.29 is 9.53 Å². The summed E-state index contributed by atoms with van der Waals surface area (Å²) in [5.41, 5.74) is 0.884. The van der Waals surface area contributed by atoms with E-state index < -0.39 is 5.97 Å². The van der Waals surface area contributed by atoms with Crippen molar-refractivity contribution in [3.63, 3.8) is 0 Å². The molecule has 94 valence electrons. The normalized spacial score (nSPS) is 10.9. The van der Waals surface area contributed by atoms with Crippen LogP contribution in [0.15, 0.2) is 29.1 Å². The van der Waals surface area contributed by atoms with Gasteiger partial charge >= 0.3 is 5.97 Å². The summed E-state index contributed by atoms with van der Waals surface area (Å²) in [6.07, 6.45) is 0. The van der Waals surface area contributed by atoms with Crippen molar-refractivity contribution in [2.24, 2.45) is 0 Å². The molecular formula is C14H15NO3. The molecule has 0 saturated heterocycles. The Kier molecular flexibility index (Phi) is 3.19. The molecule has 1 heterocycles. The van der Waals surface area contributed by atoms with Gasteiger partial charge in [-0.3, -0.25) is 4.79 Å². The van der Waals surface area contributed by atoms with Crippen molar-refractivity contribution in [3.05, 3.63) is 45.9 Å². The molecule has 0 spiro atoms. The molecule has 0 aliphatic rings. The number of pyridine rings is 1. The molecule has 0 atom stereocenters. The Morgan fingerprint density at radius 1 is 1.22 bits per heavy atom. The number of hydrogen-bond acceptors (Lipinski definition) is 3. The summed E-state index contributed by atoms with van der Waals surface area (Å²) < 4.78 is 4.81. The highest BCUT2D eigenvalue weighted by Gasteiger charge is 2.19. The fourth-order valence-electron chi connectivity index (χ4n) is 2.05. The number of aromatic amines is 1. The summed E-state index contributed by atoms with van der Waals surface area (Å²) in [5.74, 6) is -0.387. The minimum Gasteiger partial charge on any atom is -0.465 e. The Morgan fingerprint density at radius 3 is 2.39 bits per heavy atom. The molecule has 1 aromatic heterocycles. The lowest BCUT2D eigenvalue weighted by Crippen LogP contribution is -2.17. The van der Waals surface area contributed by atoms with Crippen LogP contribution >= 0.6 is 0 Å².